The molecule has 0 bridgehead atoms. The molecule has 0 fully saturated rings. The SMILES string of the molecule is COC(=O)C1=C(C(=O)OC)N(c2ccc(-n3cc(C)cn3)cc2)C(N)=C(C#N)C1c1ccccc1. The van der Waals surface area contributed by atoms with E-state index in [0.717, 1.165) is 11.3 Å². The minimum Gasteiger partial charge on any atom is -0.466 e. The van der Waals surface area contributed by atoms with Gasteiger partial charge in [-0.15, -0.1) is 0 Å². The number of nitrogens with zero attached hydrogens (tertiary/aromatic N) is 4. The number of nitrogens with two attached hydrogens (primary N) is 1. The van der Waals surface area contributed by atoms with Crippen LogP contribution in [-0.4, -0.2) is 35.9 Å². The predicted octanol–water partition coefficient (Wildman–Crippen LogP) is 3.08. The van der Waals surface area contributed by atoms with Gasteiger partial charge in [-0.2, -0.15) is 10.4 Å². The lowest BCUT2D eigenvalue weighted by Crippen LogP contribution is -2.40. The molecule has 9 heteroatoms. The molecular formula is C26H23N5O4. The van der Waals surface area contributed by atoms with Crippen LogP contribution in [0.4, 0.5) is 5.69 Å². The quantitative estimate of drug-likeness (QED) is 0.566. The lowest BCUT2D eigenvalue weighted by Gasteiger charge is -2.35. The van der Waals surface area contributed by atoms with Crippen molar-refractivity contribution in [2.75, 3.05) is 19.1 Å². The molecule has 0 radical (unpaired) electrons. The zero-order valence-electron chi connectivity index (χ0n) is 19.4. The minimum atomic E-state index is -0.912. The molecule has 1 aromatic heterocycles. The number of carbonyl (C=O) groups excluding carboxylic acids is 2. The van der Waals surface area contributed by atoms with Gasteiger partial charge < -0.3 is 15.2 Å². The Balaban J connectivity index is 1.95. The molecule has 35 heavy (non-hydrogen) atoms. The van der Waals surface area contributed by atoms with Crippen LogP contribution in [0.3, 0.4) is 0 Å². The van der Waals surface area contributed by atoms with Crippen molar-refractivity contribution in [1.29, 1.82) is 5.26 Å². The van der Waals surface area contributed by atoms with Gasteiger partial charge in [-0.25, -0.2) is 14.3 Å². The van der Waals surface area contributed by atoms with Crippen molar-refractivity contribution in [2.45, 2.75) is 12.8 Å². The number of methoxy groups -OCH3 is 2. The number of allylic oxidation sites excluding steroid dienone is 1. The molecule has 0 saturated heterocycles. The highest BCUT2D eigenvalue weighted by atomic mass is 16.5. The maximum atomic E-state index is 13.1. The molecule has 0 amide bonds. The first-order valence-electron chi connectivity index (χ1n) is 10.7. The summed E-state index contributed by atoms with van der Waals surface area (Å²) in [6, 6.07) is 18.0. The fourth-order valence-electron chi connectivity index (χ4n) is 4.09. The Morgan fingerprint density at radius 3 is 2.17 bits per heavy atom. The molecule has 3 aromatic rings. The Morgan fingerprint density at radius 2 is 1.63 bits per heavy atom. The van der Waals surface area contributed by atoms with Crippen molar-refractivity contribution in [3.05, 3.63) is 101 Å². The Morgan fingerprint density at radius 1 is 1.00 bits per heavy atom. The summed E-state index contributed by atoms with van der Waals surface area (Å²) in [5, 5.41) is 14.4. The second kappa shape index (κ2) is 9.57. The zero-order chi connectivity index (χ0) is 25.1. The van der Waals surface area contributed by atoms with E-state index in [2.05, 4.69) is 11.2 Å². The number of benzene rings is 2. The summed E-state index contributed by atoms with van der Waals surface area (Å²) in [5.74, 6) is -2.46. The normalized spacial score (nSPS) is 15.6. The van der Waals surface area contributed by atoms with Gasteiger partial charge in [0.1, 0.15) is 11.5 Å². The monoisotopic (exact) mass is 469 g/mol. The molecule has 2 N–H and O–H groups in total. The Hall–Kier alpha value is -4.84. The third-order valence-electron chi connectivity index (χ3n) is 5.69. The number of rotatable bonds is 5. The van der Waals surface area contributed by atoms with Crippen molar-refractivity contribution in [3.8, 4) is 11.8 Å². The number of aryl methyl sites for hydroxylation is 1. The summed E-state index contributed by atoms with van der Waals surface area (Å²) in [4.78, 5) is 27.5. The summed E-state index contributed by atoms with van der Waals surface area (Å²) in [6.07, 6.45) is 3.61. The zero-order valence-corrected chi connectivity index (χ0v) is 19.4. The van der Waals surface area contributed by atoms with E-state index >= 15 is 0 Å². The van der Waals surface area contributed by atoms with Gasteiger partial charge in [-0.3, -0.25) is 4.90 Å². The number of hydrogen-bond donors (Lipinski definition) is 1. The molecule has 0 aliphatic carbocycles. The topological polar surface area (TPSA) is 123 Å². The smallest absolute Gasteiger partial charge is 0.355 e. The number of anilines is 1. The van der Waals surface area contributed by atoms with Crippen molar-refractivity contribution < 1.29 is 19.1 Å². The van der Waals surface area contributed by atoms with Gasteiger partial charge in [0.05, 0.1) is 49.2 Å². The van der Waals surface area contributed by atoms with E-state index in [1.54, 1.807) is 59.4 Å². The number of esters is 2. The number of ether oxygens (including phenoxy) is 2. The molecule has 1 atom stereocenters. The van der Waals surface area contributed by atoms with Crippen LogP contribution in [0.2, 0.25) is 0 Å². The van der Waals surface area contributed by atoms with Gasteiger partial charge in [0.2, 0.25) is 0 Å². The average Bonchev–Trinajstić information content (AvgIpc) is 3.33. The summed E-state index contributed by atoms with van der Waals surface area (Å²) >= 11 is 0. The Kier molecular flexibility index (Phi) is 6.38. The summed E-state index contributed by atoms with van der Waals surface area (Å²) < 4.78 is 11.8. The van der Waals surface area contributed by atoms with E-state index in [9.17, 15) is 14.9 Å². The lowest BCUT2D eigenvalue weighted by atomic mass is 9.81. The van der Waals surface area contributed by atoms with E-state index in [-0.39, 0.29) is 22.7 Å². The van der Waals surface area contributed by atoms with Crippen LogP contribution in [0.1, 0.15) is 17.0 Å². The largest absolute Gasteiger partial charge is 0.466 e. The highest BCUT2D eigenvalue weighted by Gasteiger charge is 2.42. The summed E-state index contributed by atoms with van der Waals surface area (Å²) in [6.45, 7) is 1.94. The third-order valence-corrected chi connectivity index (χ3v) is 5.69. The van der Waals surface area contributed by atoms with E-state index in [1.165, 1.54) is 19.1 Å². The van der Waals surface area contributed by atoms with Gasteiger partial charge in [0.25, 0.3) is 0 Å². The minimum absolute atomic E-state index is 0.0112. The standard InChI is InChI=1S/C26H23N5O4/c1-16-14-29-30(15-16)18-9-11-19(12-10-18)31-23(26(33)35-3)22(25(32)34-2)21(20(13-27)24(31)28)17-7-5-4-6-8-17/h4-12,14-15,21H,28H2,1-3H3. The number of carbonyl (C=O) groups is 2. The highest BCUT2D eigenvalue weighted by molar-refractivity contribution is 6.06. The molecule has 0 saturated carbocycles. The van der Waals surface area contributed by atoms with Crippen LogP contribution in [0, 0.1) is 18.3 Å². The third kappa shape index (κ3) is 4.13. The van der Waals surface area contributed by atoms with Gasteiger partial charge in [0, 0.05) is 11.9 Å². The Labute approximate surface area is 202 Å². The van der Waals surface area contributed by atoms with Crippen LogP contribution in [0.15, 0.2) is 89.7 Å². The van der Waals surface area contributed by atoms with E-state index in [4.69, 9.17) is 15.2 Å². The van der Waals surface area contributed by atoms with Crippen LogP contribution in [-0.2, 0) is 19.1 Å². The van der Waals surface area contributed by atoms with Crippen molar-refractivity contribution in [1.82, 2.24) is 9.78 Å². The van der Waals surface area contributed by atoms with Crippen LogP contribution in [0.25, 0.3) is 5.69 Å². The number of nitriles is 1. The highest BCUT2D eigenvalue weighted by Crippen LogP contribution is 2.43. The van der Waals surface area contributed by atoms with Crippen molar-refractivity contribution in [3.63, 3.8) is 0 Å². The molecule has 176 valence electrons. The van der Waals surface area contributed by atoms with Gasteiger partial charge in [0.15, 0.2) is 0 Å². The van der Waals surface area contributed by atoms with E-state index < -0.39 is 17.9 Å². The number of aromatic nitrogens is 2. The predicted molar refractivity (Wildman–Crippen MR) is 128 cm³/mol. The maximum Gasteiger partial charge on any atom is 0.355 e. The second-order valence-corrected chi connectivity index (χ2v) is 7.81. The van der Waals surface area contributed by atoms with E-state index in [0.29, 0.717) is 11.3 Å². The van der Waals surface area contributed by atoms with Crippen molar-refractivity contribution in [2.24, 2.45) is 5.73 Å². The molecule has 9 nitrogen and oxygen atoms in total. The molecule has 1 unspecified atom stereocenters. The average molecular weight is 470 g/mol. The maximum absolute atomic E-state index is 13.1. The number of hydrogen-bond acceptors (Lipinski definition) is 8. The first kappa shape index (κ1) is 23.3. The fourth-order valence-corrected chi connectivity index (χ4v) is 4.09. The van der Waals surface area contributed by atoms with Crippen LogP contribution < -0.4 is 10.6 Å². The first-order chi connectivity index (χ1) is 16.9. The summed E-state index contributed by atoms with van der Waals surface area (Å²) in [7, 11) is 2.42. The molecule has 2 heterocycles. The first-order valence-corrected chi connectivity index (χ1v) is 10.7. The van der Waals surface area contributed by atoms with Crippen LogP contribution in [0.5, 0.6) is 0 Å². The van der Waals surface area contributed by atoms with Crippen LogP contribution >= 0.6 is 0 Å². The molecule has 2 aromatic carbocycles. The molecule has 1 aliphatic rings. The lowest BCUT2D eigenvalue weighted by molar-refractivity contribution is -0.139. The Bertz CT molecular complexity index is 1380. The second-order valence-electron chi connectivity index (χ2n) is 7.81. The molecule has 1 aliphatic heterocycles. The molecular weight excluding hydrogens is 446 g/mol. The van der Waals surface area contributed by atoms with Gasteiger partial charge >= 0.3 is 11.9 Å². The summed E-state index contributed by atoms with van der Waals surface area (Å²) in [5.41, 5.74) is 9.30. The van der Waals surface area contributed by atoms with Gasteiger partial charge in [-0.05, 0) is 42.3 Å². The molecule has 4 rings (SSSR count). The van der Waals surface area contributed by atoms with E-state index in [1.807, 2.05) is 19.2 Å². The molecule has 0 spiro atoms. The van der Waals surface area contributed by atoms with Gasteiger partial charge in [-0.1, -0.05) is 30.3 Å². The fraction of sp³-hybridized carbons (Fsp3) is 0.154. The van der Waals surface area contributed by atoms with Crippen molar-refractivity contribution >= 4 is 17.6 Å².